The van der Waals surface area contributed by atoms with Crippen LogP contribution in [0.25, 0.3) is 0 Å². The van der Waals surface area contributed by atoms with Crippen LogP contribution in [-0.4, -0.2) is 42.1 Å². The molecule has 0 radical (unpaired) electrons. The Morgan fingerprint density at radius 2 is 2.00 bits per heavy atom. The molecule has 1 rings (SSSR count). The van der Waals surface area contributed by atoms with Crippen molar-refractivity contribution in [2.24, 2.45) is 0 Å². The Labute approximate surface area is 115 Å². The lowest BCUT2D eigenvalue weighted by molar-refractivity contribution is 0.726. The minimum absolute atomic E-state index is 0.335. The van der Waals surface area contributed by atoms with E-state index in [1.165, 1.54) is 0 Å². The lowest BCUT2D eigenvalue weighted by Gasteiger charge is -2.26. The average molecular weight is 268 g/mol. The lowest BCUT2D eigenvalue weighted by atomic mass is 10.2. The summed E-state index contributed by atoms with van der Waals surface area (Å²) in [6, 6.07) is 2.46. The van der Waals surface area contributed by atoms with Crippen LogP contribution >= 0.6 is 11.8 Å². The predicted molar refractivity (Wildman–Crippen MR) is 81.9 cm³/mol. The van der Waals surface area contributed by atoms with Gasteiger partial charge in [0.25, 0.3) is 0 Å². The van der Waals surface area contributed by atoms with Gasteiger partial charge in [0.15, 0.2) is 0 Å². The zero-order valence-electron chi connectivity index (χ0n) is 12.2. The summed E-state index contributed by atoms with van der Waals surface area (Å²) in [7, 11) is 3.98. The van der Waals surface area contributed by atoms with E-state index < -0.39 is 0 Å². The van der Waals surface area contributed by atoms with E-state index in [1.54, 1.807) is 0 Å². The summed E-state index contributed by atoms with van der Waals surface area (Å²) in [5.74, 6) is 4.18. The fourth-order valence-corrected chi connectivity index (χ4v) is 2.30. The summed E-state index contributed by atoms with van der Waals surface area (Å²) in [5, 5.41) is 3.11. The summed E-state index contributed by atoms with van der Waals surface area (Å²) in [4.78, 5) is 11.3. The highest BCUT2D eigenvalue weighted by molar-refractivity contribution is 7.98. The summed E-state index contributed by atoms with van der Waals surface area (Å²) >= 11 is 1.85. The van der Waals surface area contributed by atoms with E-state index in [2.05, 4.69) is 54.3 Å². The van der Waals surface area contributed by atoms with Gasteiger partial charge < -0.3 is 10.2 Å². The number of nitrogens with zero attached hydrogens (tertiary/aromatic N) is 3. The van der Waals surface area contributed by atoms with E-state index in [4.69, 9.17) is 0 Å². The summed E-state index contributed by atoms with van der Waals surface area (Å²) in [6.45, 7) is 6.44. The van der Waals surface area contributed by atoms with Gasteiger partial charge in [-0.05, 0) is 13.2 Å². The third-order valence-corrected chi connectivity index (χ3v) is 3.75. The molecule has 1 unspecified atom stereocenters. The molecule has 1 N–H and O–H groups in total. The van der Waals surface area contributed by atoms with E-state index in [1.807, 2.05) is 24.9 Å². The Kier molecular flexibility index (Phi) is 5.72. The fourth-order valence-electron chi connectivity index (χ4n) is 1.60. The molecule has 1 aromatic rings. The molecule has 0 aliphatic carbocycles. The normalized spacial score (nSPS) is 12.6. The van der Waals surface area contributed by atoms with E-state index in [9.17, 15) is 0 Å². The van der Waals surface area contributed by atoms with Crippen molar-refractivity contribution >= 4 is 23.4 Å². The van der Waals surface area contributed by atoms with E-state index in [-0.39, 0.29) is 0 Å². The topological polar surface area (TPSA) is 41.0 Å². The smallest absolute Gasteiger partial charge is 0.135 e. The molecule has 5 heteroatoms. The number of nitrogens with one attached hydrogen (secondary N) is 1. The highest BCUT2D eigenvalue weighted by atomic mass is 32.2. The van der Waals surface area contributed by atoms with Gasteiger partial charge in [-0.25, -0.2) is 9.97 Å². The van der Waals surface area contributed by atoms with Crippen LogP contribution in [0.5, 0.6) is 0 Å². The molecule has 18 heavy (non-hydrogen) atoms. The molecular formula is C13H24N4S. The van der Waals surface area contributed by atoms with Crippen LogP contribution in [0.3, 0.4) is 0 Å². The van der Waals surface area contributed by atoms with Gasteiger partial charge >= 0.3 is 0 Å². The molecule has 4 nitrogen and oxygen atoms in total. The first kappa shape index (κ1) is 15.1. The zero-order valence-corrected chi connectivity index (χ0v) is 13.0. The Balaban J connectivity index is 3.03. The standard InChI is InChI=1S/C13H24N4S/c1-9(2)13-15-11(14-4)7-12(16-13)17(5)10(3)8-18-6/h7,9-10H,8H2,1-6H3,(H,14,15,16). The monoisotopic (exact) mass is 268 g/mol. The Morgan fingerprint density at radius 1 is 1.33 bits per heavy atom. The highest BCUT2D eigenvalue weighted by Gasteiger charge is 2.14. The first-order valence-electron chi connectivity index (χ1n) is 6.28. The molecule has 0 spiro atoms. The van der Waals surface area contributed by atoms with Crippen LogP contribution in [0.2, 0.25) is 0 Å². The Morgan fingerprint density at radius 3 is 2.50 bits per heavy atom. The Bertz CT molecular complexity index is 381. The molecule has 0 fully saturated rings. The second-order valence-corrected chi connectivity index (χ2v) is 5.70. The quantitative estimate of drug-likeness (QED) is 0.859. The van der Waals surface area contributed by atoms with Gasteiger partial charge in [-0.2, -0.15) is 11.8 Å². The molecule has 0 saturated heterocycles. The van der Waals surface area contributed by atoms with Crippen molar-refractivity contribution in [3.05, 3.63) is 11.9 Å². The van der Waals surface area contributed by atoms with Gasteiger partial charge in [0.2, 0.25) is 0 Å². The molecular weight excluding hydrogens is 244 g/mol. The molecule has 1 heterocycles. The second kappa shape index (κ2) is 6.83. The molecule has 0 aromatic carbocycles. The number of thioether (sulfide) groups is 1. The van der Waals surface area contributed by atoms with Gasteiger partial charge in [0.05, 0.1) is 0 Å². The Hall–Kier alpha value is -0.970. The van der Waals surface area contributed by atoms with E-state index in [0.29, 0.717) is 12.0 Å². The van der Waals surface area contributed by atoms with E-state index in [0.717, 1.165) is 23.2 Å². The summed E-state index contributed by atoms with van der Waals surface area (Å²) in [6.07, 6.45) is 2.13. The van der Waals surface area contributed by atoms with Crippen molar-refractivity contribution in [2.75, 3.05) is 36.3 Å². The van der Waals surface area contributed by atoms with Crippen molar-refractivity contribution < 1.29 is 0 Å². The molecule has 1 atom stereocenters. The van der Waals surface area contributed by atoms with Crippen molar-refractivity contribution in [2.45, 2.75) is 32.7 Å². The SMILES string of the molecule is CNc1cc(N(C)C(C)CSC)nc(C(C)C)n1. The highest BCUT2D eigenvalue weighted by Crippen LogP contribution is 2.21. The largest absolute Gasteiger partial charge is 0.373 e. The maximum absolute atomic E-state index is 4.65. The van der Waals surface area contributed by atoms with Crippen LogP contribution < -0.4 is 10.2 Å². The number of hydrogen-bond acceptors (Lipinski definition) is 5. The van der Waals surface area contributed by atoms with Crippen LogP contribution in [0, 0.1) is 0 Å². The van der Waals surface area contributed by atoms with Gasteiger partial charge in [-0.3, -0.25) is 0 Å². The van der Waals surface area contributed by atoms with Crippen LogP contribution in [0.4, 0.5) is 11.6 Å². The van der Waals surface area contributed by atoms with Crippen molar-refractivity contribution in [3.8, 4) is 0 Å². The third-order valence-electron chi connectivity index (χ3n) is 2.93. The zero-order chi connectivity index (χ0) is 13.7. The average Bonchev–Trinajstić information content (AvgIpc) is 2.37. The predicted octanol–water partition coefficient (Wildman–Crippen LogP) is 2.83. The molecule has 0 aliphatic rings. The molecule has 1 aromatic heterocycles. The van der Waals surface area contributed by atoms with Gasteiger partial charge in [0, 0.05) is 37.9 Å². The molecule has 0 bridgehead atoms. The van der Waals surface area contributed by atoms with E-state index >= 15 is 0 Å². The molecule has 102 valence electrons. The molecule has 0 amide bonds. The van der Waals surface area contributed by atoms with Crippen molar-refractivity contribution in [1.82, 2.24) is 9.97 Å². The lowest BCUT2D eigenvalue weighted by Crippen LogP contribution is -2.32. The summed E-state index contributed by atoms with van der Waals surface area (Å²) < 4.78 is 0. The number of aromatic nitrogens is 2. The number of rotatable bonds is 6. The van der Waals surface area contributed by atoms with Crippen LogP contribution in [-0.2, 0) is 0 Å². The van der Waals surface area contributed by atoms with Crippen LogP contribution in [0.15, 0.2) is 6.07 Å². The molecule has 0 aliphatic heterocycles. The van der Waals surface area contributed by atoms with Gasteiger partial charge in [-0.15, -0.1) is 0 Å². The maximum Gasteiger partial charge on any atom is 0.135 e. The second-order valence-electron chi connectivity index (χ2n) is 4.79. The fraction of sp³-hybridized carbons (Fsp3) is 0.692. The van der Waals surface area contributed by atoms with Gasteiger partial charge in [-0.1, -0.05) is 13.8 Å². The number of anilines is 2. The summed E-state index contributed by atoms with van der Waals surface area (Å²) in [5.41, 5.74) is 0. The minimum atomic E-state index is 0.335. The van der Waals surface area contributed by atoms with Gasteiger partial charge in [0.1, 0.15) is 17.5 Å². The van der Waals surface area contributed by atoms with Crippen molar-refractivity contribution in [1.29, 1.82) is 0 Å². The third kappa shape index (κ3) is 3.77. The van der Waals surface area contributed by atoms with Crippen LogP contribution in [0.1, 0.15) is 32.5 Å². The minimum Gasteiger partial charge on any atom is -0.373 e. The first-order chi connectivity index (χ1) is 8.49. The first-order valence-corrected chi connectivity index (χ1v) is 7.67. The maximum atomic E-state index is 4.65. The van der Waals surface area contributed by atoms with Crippen molar-refractivity contribution in [3.63, 3.8) is 0 Å². The number of hydrogen-bond donors (Lipinski definition) is 1. The molecule has 0 saturated carbocycles.